The lowest BCUT2D eigenvalue weighted by atomic mass is 10.2. The van der Waals surface area contributed by atoms with E-state index in [1.54, 1.807) is 0 Å². The van der Waals surface area contributed by atoms with Crippen molar-refractivity contribution in [3.8, 4) is 5.69 Å². The van der Waals surface area contributed by atoms with Gasteiger partial charge in [-0.2, -0.15) is 0 Å². The van der Waals surface area contributed by atoms with Crippen molar-refractivity contribution in [2.24, 2.45) is 0 Å². The van der Waals surface area contributed by atoms with Gasteiger partial charge in [-0.25, -0.2) is 0 Å². The van der Waals surface area contributed by atoms with Crippen molar-refractivity contribution < 1.29 is 4.74 Å². The Kier molecular flexibility index (Phi) is 3.97. The minimum atomic E-state index is 0.0418. The Bertz CT molecular complexity index is 752. The van der Waals surface area contributed by atoms with Crippen molar-refractivity contribution in [3.63, 3.8) is 0 Å². The van der Waals surface area contributed by atoms with Gasteiger partial charge >= 0.3 is 0 Å². The standard InChI is InChI=1S/C20H20N2O/c1-3-7-17(8-4-1)15-22-13-14-23-20(22)18-11-12-21(16-18)19-9-5-2-6-10-19/h1-12,16,20H,13-15H2. The topological polar surface area (TPSA) is 17.4 Å². The first-order valence-corrected chi connectivity index (χ1v) is 8.03. The number of para-hydroxylation sites is 1. The molecule has 116 valence electrons. The molecule has 0 aliphatic carbocycles. The second kappa shape index (κ2) is 6.41. The molecule has 1 atom stereocenters. The predicted octanol–water partition coefficient (Wildman–Crippen LogP) is 4.01. The zero-order valence-electron chi connectivity index (χ0n) is 13.0. The number of benzene rings is 2. The molecular formula is C20H20N2O. The van der Waals surface area contributed by atoms with Crippen molar-refractivity contribution >= 4 is 0 Å². The van der Waals surface area contributed by atoms with Crippen LogP contribution in [0.1, 0.15) is 17.4 Å². The Balaban J connectivity index is 1.54. The summed E-state index contributed by atoms with van der Waals surface area (Å²) in [6.45, 7) is 2.67. The van der Waals surface area contributed by atoms with Gasteiger partial charge in [0.1, 0.15) is 6.23 Å². The van der Waals surface area contributed by atoms with Gasteiger partial charge < -0.3 is 9.30 Å². The van der Waals surface area contributed by atoms with Gasteiger partial charge in [0.25, 0.3) is 0 Å². The summed E-state index contributed by atoms with van der Waals surface area (Å²) >= 11 is 0. The summed E-state index contributed by atoms with van der Waals surface area (Å²) in [5.41, 5.74) is 3.71. The number of hydrogen-bond donors (Lipinski definition) is 0. The lowest BCUT2D eigenvalue weighted by molar-refractivity contribution is 0.0288. The van der Waals surface area contributed by atoms with E-state index in [1.807, 2.05) is 6.07 Å². The van der Waals surface area contributed by atoms with Gasteiger partial charge in [0.05, 0.1) is 6.61 Å². The molecule has 1 saturated heterocycles. The van der Waals surface area contributed by atoms with Crippen molar-refractivity contribution in [1.29, 1.82) is 0 Å². The maximum absolute atomic E-state index is 5.99. The summed E-state index contributed by atoms with van der Waals surface area (Å²) in [6.07, 6.45) is 4.32. The molecule has 4 rings (SSSR count). The maximum atomic E-state index is 5.99. The summed E-state index contributed by atoms with van der Waals surface area (Å²) < 4.78 is 8.14. The van der Waals surface area contributed by atoms with Crippen LogP contribution in [0.3, 0.4) is 0 Å². The van der Waals surface area contributed by atoms with Crippen LogP contribution in [0.25, 0.3) is 5.69 Å². The van der Waals surface area contributed by atoms with E-state index >= 15 is 0 Å². The zero-order valence-corrected chi connectivity index (χ0v) is 13.0. The first-order chi connectivity index (χ1) is 11.4. The van der Waals surface area contributed by atoms with E-state index < -0.39 is 0 Å². The molecule has 0 spiro atoms. The highest BCUT2D eigenvalue weighted by atomic mass is 16.5. The molecule has 0 radical (unpaired) electrons. The fourth-order valence-electron chi connectivity index (χ4n) is 3.11. The van der Waals surface area contributed by atoms with Gasteiger partial charge in [-0.1, -0.05) is 48.5 Å². The summed E-state index contributed by atoms with van der Waals surface area (Å²) in [6, 6.07) is 23.1. The van der Waals surface area contributed by atoms with Crippen LogP contribution in [-0.2, 0) is 11.3 Å². The fourth-order valence-corrected chi connectivity index (χ4v) is 3.11. The normalized spacial score (nSPS) is 18.3. The molecule has 0 bridgehead atoms. The summed E-state index contributed by atoms with van der Waals surface area (Å²) in [7, 11) is 0. The van der Waals surface area contributed by atoms with Gasteiger partial charge in [-0.15, -0.1) is 0 Å². The SMILES string of the molecule is c1ccc(CN2CCOC2c2ccn(-c3ccccc3)c2)cc1. The van der Waals surface area contributed by atoms with Crippen molar-refractivity contribution in [2.75, 3.05) is 13.2 Å². The fraction of sp³-hybridized carbons (Fsp3) is 0.200. The van der Waals surface area contributed by atoms with Crippen LogP contribution in [0.5, 0.6) is 0 Å². The lowest BCUT2D eigenvalue weighted by Crippen LogP contribution is -2.23. The van der Waals surface area contributed by atoms with Crippen LogP contribution >= 0.6 is 0 Å². The quantitative estimate of drug-likeness (QED) is 0.724. The van der Waals surface area contributed by atoms with Gasteiger partial charge in [0.2, 0.25) is 0 Å². The molecule has 1 aliphatic rings. The first kappa shape index (κ1) is 14.2. The smallest absolute Gasteiger partial charge is 0.138 e. The van der Waals surface area contributed by atoms with Crippen molar-refractivity contribution in [3.05, 3.63) is 90.3 Å². The maximum Gasteiger partial charge on any atom is 0.138 e. The Morgan fingerprint density at radius 3 is 2.43 bits per heavy atom. The van der Waals surface area contributed by atoms with E-state index in [4.69, 9.17) is 4.74 Å². The van der Waals surface area contributed by atoms with Crippen molar-refractivity contribution in [2.45, 2.75) is 12.8 Å². The first-order valence-electron chi connectivity index (χ1n) is 8.03. The molecule has 2 heterocycles. The molecule has 3 aromatic rings. The van der Waals surface area contributed by atoms with Crippen LogP contribution in [0.15, 0.2) is 79.1 Å². The predicted molar refractivity (Wildman–Crippen MR) is 91.3 cm³/mol. The Hall–Kier alpha value is -2.36. The molecule has 1 fully saturated rings. The molecule has 2 aromatic carbocycles. The molecular weight excluding hydrogens is 284 g/mol. The summed E-state index contributed by atoms with van der Waals surface area (Å²) in [4.78, 5) is 2.39. The molecule has 1 unspecified atom stereocenters. The third-order valence-corrected chi connectivity index (χ3v) is 4.27. The van der Waals surface area contributed by atoms with Gasteiger partial charge in [0.15, 0.2) is 0 Å². The number of ether oxygens (including phenoxy) is 1. The minimum absolute atomic E-state index is 0.0418. The largest absolute Gasteiger partial charge is 0.357 e. The third kappa shape index (κ3) is 3.07. The van der Waals surface area contributed by atoms with Gasteiger partial charge in [-0.3, -0.25) is 4.90 Å². The Morgan fingerprint density at radius 1 is 0.913 bits per heavy atom. The minimum Gasteiger partial charge on any atom is -0.357 e. The molecule has 0 N–H and O–H groups in total. The van der Waals surface area contributed by atoms with Crippen LogP contribution in [0.2, 0.25) is 0 Å². The van der Waals surface area contributed by atoms with E-state index in [-0.39, 0.29) is 6.23 Å². The van der Waals surface area contributed by atoms with E-state index in [1.165, 1.54) is 16.8 Å². The van der Waals surface area contributed by atoms with E-state index in [0.717, 1.165) is 19.7 Å². The highest BCUT2D eigenvalue weighted by Crippen LogP contribution is 2.29. The number of hydrogen-bond acceptors (Lipinski definition) is 2. The second-order valence-electron chi connectivity index (χ2n) is 5.87. The summed E-state index contributed by atoms with van der Waals surface area (Å²) in [5.74, 6) is 0. The van der Waals surface area contributed by atoms with Crippen LogP contribution in [-0.4, -0.2) is 22.6 Å². The highest BCUT2D eigenvalue weighted by molar-refractivity contribution is 5.34. The van der Waals surface area contributed by atoms with Gasteiger partial charge in [-0.05, 0) is 23.8 Å². The Labute approximate surface area is 136 Å². The van der Waals surface area contributed by atoms with Crippen LogP contribution < -0.4 is 0 Å². The summed E-state index contributed by atoms with van der Waals surface area (Å²) in [5, 5.41) is 0. The van der Waals surface area contributed by atoms with E-state index in [2.05, 4.69) is 82.5 Å². The molecule has 23 heavy (non-hydrogen) atoms. The van der Waals surface area contributed by atoms with Crippen LogP contribution in [0.4, 0.5) is 0 Å². The monoisotopic (exact) mass is 304 g/mol. The molecule has 3 nitrogen and oxygen atoms in total. The highest BCUT2D eigenvalue weighted by Gasteiger charge is 2.27. The van der Waals surface area contributed by atoms with Gasteiger partial charge in [0, 0.05) is 36.7 Å². The number of rotatable bonds is 4. The molecule has 1 aromatic heterocycles. The zero-order chi connectivity index (χ0) is 15.5. The molecule has 3 heteroatoms. The second-order valence-corrected chi connectivity index (χ2v) is 5.87. The number of nitrogens with zero attached hydrogens (tertiary/aromatic N) is 2. The number of aromatic nitrogens is 1. The third-order valence-electron chi connectivity index (χ3n) is 4.27. The van der Waals surface area contributed by atoms with Crippen LogP contribution in [0, 0.1) is 0 Å². The van der Waals surface area contributed by atoms with E-state index in [9.17, 15) is 0 Å². The average molecular weight is 304 g/mol. The molecule has 0 amide bonds. The lowest BCUT2D eigenvalue weighted by Gasteiger charge is -2.22. The Morgan fingerprint density at radius 2 is 1.65 bits per heavy atom. The molecule has 1 aliphatic heterocycles. The average Bonchev–Trinajstić information content (AvgIpc) is 3.25. The van der Waals surface area contributed by atoms with E-state index in [0.29, 0.717) is 0 Å². The van der Waals surface area contributed by atoms with Crippen molar-refractivity contribution in [1.82, 2.24) is 9.47 Å². The molecule has 0 saturated carbocycles.